The highest BCUT2D eigenvalue weighted by atomic mass is 16.6. The van der Waals surface area contributed by atoms with Crippen LogP contribution in [0.3, 0.4) is 0 Å². The van der Waals surface area contributed by atoms with Crippen molar-refractivity contribution in [2.24, 2.45) is 0 Å². The van der Waals surface area contributed by atoms with Gasteiger partial charge in [-0.15, -0.1) is 0 Å². The molecule has 1 fully saturated rings. The quantitative estimate of drug-likeness (QED) is 0.755. The fourth-order valence-electron chi connectivity index (χ4n) is 2.45. The first-order valence-corrected chi connectivity index (χ1v) is 5.16. The van der Waals surface area contributed by atoms with Crippen LogP contribution in [0.1, 0.15) is 23.3 Å². The normalized spacial score (nSPS) is 30.6. The van der Waals surface area contributed by atoms with E-state index in [1.54, 1.807) is 7.11 Å². The third-order valence-corrected chi connectivity index (χ3v) is 3.23. The van der Waals surface area contributed by atoms with Crippen molar-refractivity contribution in [3.63, 3.8) is 0 Å². The Hall–Kier alpha value is -1.39. The van der Waals surface area contributed by atoms with E-state index in [-0.39, 0.29) is 11.9 Å². The standard InChI is InChI=1S/C12H12O4/c1-14-6-3-4-7-8(5-6)11-12(15-2)9(13)10(7)16-11/h3-5,10-12H,1-2H3/t10-,11+,12+/m1/s1. The van der Waals surface area contributed by atoms with Crippen molar-refractivity contribution in [2.75, 3.05) is 14.2 Å². The van der Waals surface area contributed by atoms with Crippen LogP contribution in [0.4, 0.5) is 0 Å². The van der Waals surface area contributed by atoms with Gasteiger partial charge in [0, 0.05) is 7.11 Å². The van der Waals surface area contributed by atoms with E-state index in [2.05, 4.69) is 0 Å². The zero-order valence-corrected chi connectivity index (χ0v) is 9.10. The Morgan fingerprint density at radius 1 is 1.25 bits per heavy atom. The van der Waals surface area contributed by atoms with Gasteiger partial charge in [0.1, 0.15) is 24.1 Å². The van der Waals surface area contributed by atoms with Crippen LogP contribution >= 0.6 is 0 Å². The molecule has 0 spiro atoms. The summed E-state index contributed by atoms with van der Waals surface area (Å²) in [5, 5.41) is 0. The monoisotopic (exact) mass is 220 g/mol. The van der Waals surface area contributed by atoms with Crippen molar-refractivity contribution < 1.29 is 19.0 Å². The largest absolute Gasteiger partial charge is 0.497 e. The summed E-state index contributed by atoms with van der Waals surface area (Å²) in [7, 11) is 3.15. The number of ketones is 1. The molecule has 0 unspecified atom stereocenters. The summed E-state index contributed by atoms with van der Waals surface area (Å²) < 4.78 is 16.0. The SMILES string of the molecule is COc1ccc2c(c1)[C@@H]1O[C@H]2C(=O)[C@@H]1OC. The smallest absolute Gasteiger partial charge is 0.197 e. The van der Waals surface area contributed by atoms with Crippen LogP contribution in [0, 0.1) is 0 Å². The first-order chi connectivity index (χ1) is 7.76. The molecule has 2 aliphatic rings. The molecule has 0 saturated carbocycles. The fraction of sp³-hybridized carbons (Fsp3) is 0.417. The summed E-state index contributed by atoms with van der Waals surface area (Å²) in [5.74, 6) is 0.794. The van der Waals surface area contributed by atoms with Crippen molar-refractivity contribution in [2.45, 2.75) is 18.3 Å². The van der Waals surface area contributed by atoms with Crippen LogP contribution in [0.2, 0.25) is 0 Å². The molecule has 2 heterocycles. The zero-order chi connectivity index (χ0) is 11.3. The van der Waals surface area contributed by atoms with Crippen LogP contribution in [0.15, 0.2) is 18.2 Å². The van der Waals surface area contributed by atoms with Gasteiger partial charge in [0.25, 0.3) is 0 Å². The second-order valence-electron chi connectivity index (χ2n) is 3.99. The number of carbonyl (C=O) groups excluding carboxylic acids is 1. The van der Waals surface area contributed by atoms with E-state index in [0.29, 0.717) is 0 Å². The molecule has 3 rings (SSSR count). The van der Waals surface area contributed by atoms with E-state index >= 15 is 0 Å². The van der Waals surface area contributed by atoms with E-state index < -0.39 is 12.2 Å². The summed E-state index contributed by atoms with van der Waals surface area (Å²) in [5.41, 5.74) is 1.96. The first kappa shape index (κ1) is 9.81. The van der Waals surface area contributed by atoms with Gasteiger partial charge in [0.2, 0.25) is 0 Å². The average Bonchev–Trinajstić information content (AvgIpc) is 2.83. The van der Waals surface area contributed by atoms with Crippen LogP contribution in [0.25, 0.3) is 0 Å². The lowest BCUT2D eigenvalue weighted by Gasteiger charge is -2.19. The lowest BCUT2D eigenvalue weighted by molar-refractivity contribution is -0.128. The van der Waals surface area contributed by atoms with Gasteiger partial charge < -0.3 is 14.2 Å². The Kier molecular flexibility index (Phi) is 2.02. The van der Waals surface area contributed by atoms with Crippen molar-refractivity contribution in [3.05, 3.63) is 29.3 Å². The van der Waals surface area contributed by atoms with Gasteiger partial charge >= 0.3 is 0 Å². The van der Waals surface area contributed by atoms with Gasteiger partial charge in [-0.1, -0.05) is 6.07 Å². The number of carbonyl (C=O) groups is 1. The highest BCUT2D eigenvalue weighted by Gasteiger charge is 2.52. The lowest BCUT2D eigenvalue weighted by Crippen LogP contribution is -2.28. The topological polar surface area (TPSA) is 44.8 Å². The summed E-state index contributed by atoms with van der Waals surface area (Å²) >= 11 is 0. The number of Topliss-reactive ketones (excluding diaryl/α,β-unsaturated/α-hetero) is 1. The molecule has 0 aliphatic carbocycles. The molecule has 0 N–H and O–H groups in total. The number of fused-ring (bicyclic) bond motifs is 5. The average molecular weight is 220 g/mol. The molecule has 0 radical (unpaired) electrons. The van der Waals surface area contributed by atoms with Gasteiger partial charge in [-0.2, -0.15) is 0 Å². The third-order valence-electron chi connectivity index (χ3n) is 3.23. The molecule has 4 nitrogen and oxygen atoms in total. The summed E-state index contributed by atoms with van der Waals surface area (Å²) in [4.78, 5) is 11.8. The Balaban J connectivity index is 2.09. The first-order valence-electron chi connectivity index (χ1n) is 5.16. The minimum atomic E-state index is -0.468. The molecule has 0 aromatic heterocycles. The van der Waals surface area contributed by atoms with E-state index in [0.717, 1.165) is 16.9 Å². The minimum Gasteiger partial charge on any atom is -0.497 e. The molecular formula is C12H12O4. The second kappa shape index (κ2) is 3.30. The summed E-state index contributed by atoms with van der Waals surface area (Å²) in [6, 6.07) is 5.65. The van der Waals surface area contributed by atoms with Crippen LogP contribution in [0.5, 0.6) is 5.75 Å². The molecule has 1 aromatic rings. The van der Waals surface area contributed by atoms with Crippen molar-refractivity contribution >= 4 is 5.78 Å². The fourth-order valence-corrected chi connectivity index (χ4v) is 2.45. The highest BCUT2D eigenvalue weighted by Crippen LogP contribution is 2.50. The maximum Gasteiger partial charge on any atom is 0.197 e. The molecule has 1 aromatic carbocycles. The van der Waals surface area contributed by atoms with E-state index in [4.69, 9.17) is 14.2 Å². The number of hydrogen-bond acceptors (Lipinski definition) is 4. The molecule has 2 bridgehead atoms. The number of rotatable bonds is 2. The number of benzene rings is 1. The predicted molar refractivity (Wildman–Crippen MR) is 55.4 cm³/mol. The van der Waals surface area contributed by atoms with Crippen LogP contribution in [-0.4, -0.2) is 26.1 Å². The molecule has 3 atom stereocenters. The Morgan fingerprint density at radius 2 is 2.06 bits per heavy atom. The molecule has 84 valence electrons. The van der Waals surface area contributed by atoms with E-state index in [9.17, 15) is 4.79 Å². The zero-order valence-electron chi connectivity index (χ0n) is 9.10. The van der Waals surface area contributed by atoms with E-state index in [1.807, 2.05) is 18.2 Å². The molecule has 4 heteroatoms. The minimum absolute atomic E-state index is 0.0187. The summed E-state index contributed by atoms with van der Waals surface area (Å²) in [6.07, 6.45) is -1.19. The van der Waals surface area contributed by atoms with Gasteiger partial charge in [-0.3, -0.25) is 4.79 Å². The van der Waals surface area contributed by atoms with Crippen LogP contribution < -0.4 is 4.74 Å². The number of methoxy groups -OCH3 is 2. The predicted octanol–water partition coefficient (Wildman–Crippen LogP) is 1.41. The van der Waals surface area contributed by atoms with Gasteiger partial charge in [-0.25, -0.2) is 0 Å². The Morgan fingerprint density at radius 3 is 2.75 bits per heavy atom. The lowest BCUT2D eigenvalue weighted by atomic mass is 9.88. The third kappa shape index (κ3) is 1.08. The maximum atomic E-state index is 11.8. The molecular weight excluding hydrogens is 208 g/mol. The second-order valence-corrected chi connectivity index (χ2v) is 3.99. The highest BCUT2D eigenvalue weighted by molar-refractivity contribution is 5.93. The van der Waals surface area contributed by atoms with Crippen LogP contribution in [-0.2, 0) is 14.3 Å². The molecule has 16 heavy (non-hydrogen) atoms. The van der Waals surface area contributed by atoms with Gasteiger partial charge in [0.15, 0.2) is 5.78 Å². The van der Waals surface area contributed by atoms with E-state index in [1.165, 1.54) is 7.11 Å². The number of ether oxygens (including phenoxy) is 3. The Labute approximate surface area is 93.1 Å². The van der Waals surface area contributed by atoms with Gasteiger partial charge in [-0.05, 0) is 23.3 Å². The molecule has 1 saturated heterocycles. The van der Waals surface area contributed by atoms with Gasteiger partial charge in [0.05, 0.1) is 7.11 Å². The maximum absolute atomic E-state index is 11.8. The number of hydrogen-bond donors (Lipinski definition) is 0. The molecule has 0 amide bonds. The van der Waals surface area contributed by atoms with Crippen molar-refractivity contribution in [1.29, 1.82) is 0 Å². The van der Waals surface area contributed by atoms with Crippen molar-refractivity contribution in [1.82, 2.24) is 0 Å². The molecule has 2 aliphatic heterocycles. The summed E-state index contributed by atoms with van der Waals surface area (Å²) in [6.45, 7) is 0. The van der Waals surface area contributed by atoms with Crippen molar-refractivity contribution in [3.8, 4) is 5.75 Å². The Bertz CT molecular complexity index is 454.